The molecule has 116 valence electrons. The van der Waals surface area contributed by atoms with Crippen LogP contribution in [0.5, 0.6) is 0 Å². The summed E-state index contributed by atoms with van der Waals surface area (Å²) >= 11 is 0. The highest BCUT2D eigenvalue weighted by Gasteiger charge is 2.10. The predicted molar refractivity (Wildman–Crippen MR) is 90.4 cm³/mol. The maximum atomic E-state index is 5.81. The third-order valence-corrected chi connectivity index (χ3v) is 3.97. The fourth-order valence-corrected chi connectivity index (χ4v) is 2.64. The van der Waals surface area contributed by atoms with Crippen LogP contribution in [0, 0.1) is 0 Å². The second-order valence-corrected chi connectivity index (χ2v) is 6.05. The largest absolute Gasteiger partial charge is 0.399 e. The minimum atomic E-state index is 0.585. The Morgan fingerprint density at radius 1 is 1.24 bits per heavy atom. The predicted octanol–water partition coefficient (Wildman–Crippen LogP) is 3.59. The molecule has 0 amide bonds. The molecule has 1 aromatic carbocycles. The van der Waals surface area contributed by atoms with Crippen molar-refractivity contribution in [3.05, 3.63) is 24.0 Å². The number of hydrogen-bond acceptors (Lipinski definition) is 3. The number of nitrogens with zero attached hydrogens (tertiary/aromatic N) is 2. The number of anilines is 1. The number of unbranched alkanes of at least 4 members (excludes halogenated alkanes) is 2. The number of aromatic amines is 1. The van der Waals surface area contributed by atoms with Crippen molar-refractivity contribution in [2.24, 2.45) is 0 Å². The average Bonchev–Trinajstić information content (AvgIpc) is 2.84. The molecule has 0 saturated carbocycles. The molecule has 1 aromatic heterocycles. The molecule has 0 unspecified atom stereocenters. The number of nitrogen functional groups attached to an aromatic ring is 1. The van der Waals surface area contributed by atoms with E-state index in [-0.39, 0.29) is 0 Å². The number of aromatic nitrogens is 2. The topological polar surface area (TPSA) is 57.9 Å². The van der Waals surface area contributed by atoms with Crippen LogP contribution >= 0.6 is 0 Å². The lowest BCUT2D eigenvalue weighted by Gasteiger charge is -2.26. The highest BCUT2D eigenvalue weighted by Crippen LogP contribution is 2.15. The van der Waals surface area contributed by atoms with Crippen molar-refractivity contribution >= 4 is 16.7 Å². The van der Waals surface area contributed by atoms with E-state index in [9.17, 15) is 0 Å². The average molecular weight is 288 g/mol. The summed E-state index contributed by atoms with van der Waals surface area (Å²) in [6.45, 7) is 9.02. The Kier molecular flexibility index (Phi) is 5.62. The van der Waals surface area contributed by atoms with Gasteiger partial charge in [-0.05, 0) is 45.0 Å². The number of hydrogen-bond donors (Lipinski definition) is 2. The standard InChI is InChI=1S/C17H28N4/c1-4-5-6-10-21(13(2)3)11-9-17-19-15-8-7-14(18)12-16(15)20-17/h7-8,12-13H,4-6,9-11,18H2,1-3H3,(H,19,20). The van der Waals surface area contributed by atoms with E-state index in [0.29, 0.717) is 6.04 Å². The lowest BCUT2D eigenvalue weighted by atomic mass is 10.2. The van der Waals surface area contributed by atoms with Crippen molar-refractivity contribution in [2.75, 3.05) is 18.8 Å². The molecule has 0 bridgehead atoms. The molecule has 4 nitrogen and oxygen atoms in total. The van der Waals surface area contributed by atoms with Crippen molar-refractivity contribution in [1.29, 1.82) is 0 Å². The molecule has 0 aliphatic rings. The van der Waals surface area contributed by atoms with Gasteiger partial charge in [-0.2, -0.15) is 0 Å². The number of H-pyrrole nitrogens is 1. The van der Waals surface area contributed by atoms with Gasteiger partial charge in [0.1, 0.15) is 5.82 Å². The van der Waals surface area contributed by atoms with Crippen LogP contribution in [-0.4, -0.2) is 34.0 Å². The van der Waals surface area contributed by atoms with E-state index >= 15 is 0 Å². The van der Waals surface area contributed by atoms with Crippen LogP contribution in [0.1, 0.15) is 45.9 Å². The third-order valence-electron chi connectivity index (χ3n) is 3.97. The van der Waals surface area contributed by atoms with Gasteiger partial charge in [-0.15, -0.1) is 0 Å². The van der Waals surface area contributed by atoms with Gasteiger partial charge in [-0.1, -0.05) is 19.8 Å². The smallest absolute Gasteiger partial charge is 0.108 e. The van der Waals surface area contributed by atoms with E-state index < -0.39 is 0 Å². The molecule has 2 rings (SSSR count). The first-order valence-corrected chi connectivity index (χ1v) is 8.08. The van der Waals surface area contributed by atoms with E-state index in [4.69, 9.17) is 5.73 Å². The Labute approximate surface area is 127 Å². The van der Waals surface area contributed by atoms with Crippen LogP contribution in [0.3, 0.4) is 0 Å². The second kappa shape index (κ2) is 7.46. The normalized spacial score (nSPS) is 11.9. The summed E-state index contributed by atoms with van der Waals surface area (Å²) in [6.07, 6.45) is 4.83. The third kappa shape index (κ3) is 4.46. The van der Waals surface area contributed by atoms with Crippen molar-refractivity contribution in [2.45, 2.75) is 52.5 Å². The molecule has 0 fully saturated rings. The molecule has 0 atom stereocenters. The quantitative estimate of drug-likeness (QED) is 0.576. The van der Waals surface area contributed by atoms with E-state index in [1.807, 2.05) is 18.2 Å². The molecule has 0 radical (unpaired) electrons. The molecule has 0 aliphatic carbocycles. The Bertz CT molecular complexity index is 559. The Hall–Kier alpha value is -1.55. The summed E-state index contributed by atoms with van der Waals surface area (Å²) in [5, 5.41) is 0. The number of nitrogens with one attached hydrogen (secondary N) is 1. The van der Waals surface area contributed by atoms with Crippen LogP contribution < -0.4 is 5.73 Å². The first kappa shape index (κ1) is 15.8. The van der Waals surface area contributed by atoms with Gasteiger partial charge >= 0.3 is 0 Å². The maximum absolute atomic E-state index is 5.81. The zero-order valence-electron chi connectivity index (χ0n) is 13.5. The van der Waals surface area contributed by atoms with E-state index in [1.165, 1.54) is 25.8 Å². The molecule has 0 spiro atoms. The number of benzene rings is 1. The van der Waals surface area contributed by atoms with Crippen molar-refractivity contribution < 1.29 is 0 Å². The van der Waals surface area contributed by atoms with Gasteiger partial charge in [0.2, 0.25) is 0 Å². The molecule has 0 saturated heterocycles. The maximum Gasteiger partial charge on any atom is 0.108 e. The summed E-state index contributed by atoms with van der Waals surface area (Å²) < 4.78 is 0. The molecular formula is C17H28N4. The van der Waals surface area contributed by atoms with Gasteiger partial charge in [-0.25, -0.2) is 4.98 Å². The first-order chi connectivity index (χ1) is 10.1. The zero-order valence-corrected chi connectivity index (χ0v) is 13.5. The second-order valence-electron chi connectivity index (χ2n) is 6.05. The van der Waals surface area contributed by atoms with Crippen molar-refractivity contribution in [1.82, 2.24) is 14.9 Å². The van der Waals surface area contributed by atoms with Crippen LogP contribution in [0.25, 0.3) is 11.0 Å². The zero-order chi connectivity index (χ0) is 15.2. The van der Waals surface area contributed by atoms with Gasteiger partial charge < -0.3 is 15.6 Å². The number of imidazole rings is 1. The van der Waals surface area contributed by atoms with Crippen LogP contribution in [0.15, 0.2) is 18.2 Å². The first-order valence-electron chi connectivity index (χ1n) is 8.08. The lowest BCUT2D eigenvalue weighted by molar-refractivity contribution is 0.219. The van der Waals surface area contributed by atoms with Crippen molar-refractivity contribution in [3.63, 3.8) is 0 Å². The highest BCUT2D eigenvalue weighted by molar-refractivity contribution is 5.78. The number of fused-ring (bicyclic) bond motifs is 1. The van der Waals surface area contributed by atoms with E-state index in [0.717, 1.165) is 35.5 Å². The summed E-state index contributed by atoms with van der Waals surface area (Å²) in [4.78, 5) is 10.6. The van der Waals surface area contributed by atoms with Crippen LogP contribution in [0.4, 0.5) is 5.69 Å². The Balaban J connectivity index is 1.95. The van der Waals surface area contributed by atoms with Crippen LogP contribution in [0.2, 0.25) is 0 Å². The van der Waals surface area contributed by atoms with Gasteiger partial charge in [0.05, 0.1) is 11.0 Å². The van der Waals surface area contributed by atoms with Crippen LogP contribution in [-0.2, 0) is 6.42 Å². The number of nitrogens with two attached hydrogens (primary N) is 1. The van der Waals surface area contributed by atoms with E-state index in [2.05, 4.69) is 35.6 Å². The lowest BCUT2D eigenvalue weighted by Crippen LogP contribution is -2.33. The molecule has 21 heavy (non-hydrogen) atoms. The molecule has 4 heteroatoms. The van der Waals surface area contributed by atoms with E-state index in [1.54, 1.807) is 0 Å². The minimum Gasteiger partial charge on any atom is -0.399 e. The highest BCUT2D eigenvalue weighted by atomic mass is 15.1. The Morgan fingerprint density at radius 2 is 2.05 bits per heavy atom. The molecule has 1 heterocycles. The summed E-state index contributed by atoms with van der Waals surface area (Å²) in [5.74, 6) is 1.05. The monoisotopic (exact) mass is 288 g/mol. The van der Waals surface area contributed by atoms with Gasteiger partial charge in [-0.3, -0.25) is 0 Å². The van der Waals surface area contributed by atoms with Crippen molar-refractivity contribution in [3.8, 4) is 0 Å². The minimum absolute atomic E-state index is 0.585. The Morgan fingerprint density at radius 3 is 2.76 bits per heavy atom. The van der Waals surface area contributed by atoms with Gasteiger partial charge in [0.15, 0.2) is 0 Å². The summed E-state index contributed by atoms with van der Waals surface area (Å²) in [6, 6.07) is 6.42. The summed E-state index contributed by atoms with van der Waals surface area (Å²) in [7, 11) is 0. The van der Waals surface area contributed by atoms with Gasteiger partial charge in [0.25, 0.3) is 0 Å². The fourth-order valence-electron chi connectivity index (χ4n) is 2.64. The summed E-state index contributed by atoms with van der Waals surface area (Å²) in [5.41, 5.74) is 8.62. The molecular weight excluding hydrogens is 260 g/mol. The molecule has 3 N–H and O–H groups in total. The number of rotatable bonds is 8. The molecule has 0 aliphatic heterocycles. The SMILES string of the molecule is CCCCCN(CCc1nc2ccc(N)cc2[nH]1)C(C)C. The fraction of sp³-hybridized carbons (Fsp3) is 0.588. The van der Waals surface area contributed by atoms with Gasteiger partial charge in [0, 0.05) is 24.7 Å². The molecule has 2 aromatic rings.